The number of rotatable bonds is 4. The fourth-order valence-electron chi connectivity index (χ4n) is 4.01. The third-order valence-electron chi connectivity index (χ3n) is 5.29. The van der Waals surface area contributed by atoms with E-state index in [1.165, 1.54) is 43.2 Å². The molecule has 1 aromatic rings. The summed E-state index contributed by atoms with van der Waals surface area (Å²) in [5.74, 6) is 1.28. The van der Waals surface area contributed by atoms with Crippen LogP contribution in [0.5, 0.6) is 0 Å². The van der Waals surface area contributed by atoms with Crippen molar-refractivity contribution in [3.8, 4) is 0 Å². The average molecular weight is 314 g/mol. The van der Waals surface area contributed by atoms with Gasteiger partial charge in [0, 0.05) is 18.2 Å². The van der Waals surface area contributed by atoms with E-state index in [0.717, 1.165) is 31.0 Å². The van der Waals surface area contributed by atoms with Gasteiger partial charge in [-0.25, -0.2) is 0 Å². The second-order valence-electron chi connectivity index (χ2n) is 7.60. The lowest BCUT2D eigenvalue weighted by molar-refractivity contribution is 0.0948. The lowest BCUT2D eigenvalue weighted by atomic mass is 9.78. The van der Waals surface area contributed by atoms with Crippen molar-refractivity contribution in [2.75, 3.05) is 13.1 Å². The first kappa shape index (κ1) is 16.5. The molecule has 3 heteroatoms. The molecular weight excluding hydrogens is 284 g/mol. The van der Waals surface area contributed by atoms with Crippen LogP contribution in [0.2, 0.25) is 0 Å². The van der Waals surface area contributed by atoms with Crippen LogP contribution >= 0.6 is 0 Å². The van der Waals surface area contributed by atoms with Crippen molar-refractivity contribution >= 4 is 5.91 Å². The van der Waals surface area contributed by atoms with Crippen LogP contribution in [0.4, 0.5) is 0 Å². The van der Waals surface area contributed by atoms with Gasteiger partial charge in [-0.2, -0.15) is 0 Å². The molecule has 2 N–H and O–H groups in total. The molecule has 3 rings (SSSR count). The molecule has 126 valence electrons. The zero-order valence-corrected chi connectivity index (χ0v) is 14.5. The highest BCUT2D eigenvalue weighted by Gasteiger charge is 2.29. The summed E-state index contributed by atoms with van der Waals surface area (Å²) in [5, 5.41) is 6.77. The maximum absolute atomic E-state index is 12.4. The predicted octanol–water partition coefficient (Wildman–Crippen LogP) is 3.84. The molecule has 0 saturated heterocycles. The summed E-state index contributed by atoms with van der Waals surface area (Å²) in [7, 11) is 0. The molecule has 0 radical (unpaired) electrons. The van der Waals surface area contributed by atoms with Crippen molar-refractivity contribution in [2.24, 2.45) is 11.8 Å². The van der Waals surface area contributed by atoms with Gasteiger partial charge in [0.05, 0.1) is 0 Å². The quantitative estimate of drug-likeness (QED) is 0.886. The Kier molecular flexibility index (Phi) is 5.37. The van der Waals surface area contributed by atoms with Crippen LogP contribution in [-0.4, -0.2) is 19.0 Å². The van der Waals surface area contributed by atoms with Crippen molar-refractivity contribution in [2.45, 2.75) is 58.4 Å². The Balaban J connectivity index is 1.79. The number of amides is 1. The van der Waals surface area contributed by atoms with Crippen LogP contribution < -0.4 is 10.6 Å². The minimum absolute atomic E-state index is 0.0643. The van der Waals surface area contributed by atoms with E-state index < -0.39 is 0 Å². The van der Waals surface area contributed by atoms with E-state index in [0.29, 0.717) is 12.0 Å². The molecule has 1 aromatic carbocycles. The van der Waals surface area contributed by atoms with Gasteiger partial charge in [0.2, 0.25) is 0 Å². The van der Waals surface area contributed by atoms with E-state index in [1.807, 2.05) is 6.07 Å². The molecule has 1 saturated carbocycles. The molecule has 1 aliphatic heterocycles. The first-order valence-electron chi connectivity index (χ1n) is 9.29. The highest BCUT2D eigenvalue weighted by molar-refractivity contribution is 5.94. The van der Waals surface area contributed by atoms with Gasteiger partial charge >= 0.3 is 0 Å². The molecule has 1 aliphatic carbocycles. The summed E-state index contributed by atoms with van der Waals surface area (Å²) < 4.78 is 0. The molecule has 3 nitrogen and oxygen atoms in total. The Morgan fingerprint density at radius 3 is 2.78 bits per heavy atom. The summed E-state index contributed by atoms with van der Waals surface area (Å²) in [5.41, 5.74) is 3.62. The maximum Gasteiger partial charge on any atom is 0.251 e. The van der Waals surface area contributed by atoms with Crippen LogP contribution in [0, 0.1) is 11.8 Å². The molecule has 0 aromatic heterocycles. The van der Waals surface area contributed by atoms with Gasteiger partial charge in [-0.1, -0.05) is 39.2 Å². The molecular formula is C20H30N2O. The van der Waals surface area contributed by atoms with Gasteiger partial charge in [-0.15, -0.1) is 0 Å². The van der Waals surface area contributed by atoms with Gasteiger partial charge in [0.25, 0.3) is 5.91 Å². The number of benzene rings is 1. The third kappa shape index (κ3) is 3.95. The molecule has 0 spiro atoms. The Hall–Kier alpha value is -1.35. The molecule has 2 aliphatic rings. The number of nitrogens with one attached hydrogen (secondary N) is 2. The fraction of sp³-hybridized carbons (Fsp3) is 0.650. The van der Waals surface area contributed by atoms with Crippen molar-refractivity contribution < 1.29 is 4.79 Å². The average Bonchev–Trinajstić information content (AvgIpc) is 2.59. The van der Waals surface area contributed by atoms with Gasteiger partial charge in [-0.05, 0) is 60.9 Å². The monoisotopic (exact) mass is 314 g/mol. The lowest BCUT2D eigenvalue weighted by Crippen LogP contribution is -2.36. The molecule has 1 amide bonds. The van der Waals surface area contributed by atoms with E-state index in [9.17, 15) is 4.79 Å². The number of fused-ring (bicyclic) bond motifs is 1. The predicted molar refractivity (Wildman–Crippen MR) is 94.6 cm³/mol. The first-order chi connectivity index (χ1) is 11.1. The molecule has 1 fully saturated rings. The first-order valence-corrected chi connectivity index (χ1v) is 9.29. The summed E-state index contributed by atoms with van der Waals surface area (Å²) in [6.45, 7) is 6.04. The van der Waals surface area contributed by atoms with Crippen LogP contribution in [0.1, 0.15) is 73.5 Å². The Labute approximate surface area is 140 Å². The summed E-state index contributed by atoms with van der Waals surface area (Å²) in [6, 6.07) is 6.77. The van der Waals surface area contributed by atoms with E-state index in [4.69, 9.17) is 0 Å². The van der Waals surface area contributed by atoms with E-state index in [1.54, 1.807) is 0 Å². The normalized spacial score (nSPS) is 22.0. The highest BCUT2D eigenvalue weighted by Crippen LogP contribution is 2.37. The zero-order valence-electron chi connectivity index (χ0n) is 14.5. The largest absolute Gasteiger partial charge is 0.352 e. The lowest BCUT2D eigenvalue weighted by Gasteiger charge is -2.35. The topological polar surface area (TPSA) is 41.1 Å². The molecule has 23 heavy (non-hydrogen) atoms. The van der Waals surface area contributed by atoms with Crippen molar-refractivity contribution in [1.82, 2.24) is 10.6 Å². The van der Waals surface area contributed by atoms with Gasteiger partial charge in [0.1, 0.15) is 0 Å². The van der Waals surface area contributed by atoms with E-state index in [-0.39, 0.29) is 5.91 Å². The number of carbonyl (C=O) groups is 1. The highest BCUT2D eigenvalue weighted by atomic mass is 16.1. The molecule has 1 atom stereocenters. The Morgan fingerprint density at radius 2 is 2.04 bits per heavy atom. The Morgan fingerprint density at radius 1 is 1.26 bits per heavy atom. The number of hydrogen-bond donors (Lipinski definition) is 2. The van der Waals surface area contributed by atoms with Crippen molar-refractivity contribution in [3.63, 3.8) is 0 Å². The SMILES string of the molecule is CC(C)CNC(=O)c1ccc2c(c1)C(C1CCCCC1)NCC2. The second-order valence-corrected chi connectivity index (χ2v) is 7.60. The minimum Gasteiger partial charge on any atom is -0.352 e. The van der Waals surface area contributed by atoms with Crippen LogP contribution in [-0.2, 0) is 6.42 Å². The summed E-state index contributed by atoms with van der Waals surface area (Å²) >= 11 is 0. The van der Waals surface area contributed by atoms with Crippen LogP contribution in [0.3, 0.4) is 0 Å². The molecule has 1 unspecified atom stereocenters. The van der Waals surface area contributed by atoms with Gasteiger partial charge < -0.3 is 10.6 Å². The van der Waals surface area contributed by atoms with E-state index in [2.05, 4.69) is 36.6 Å². The van der Waals surface area contributed by atoms with Gasteiger partial charge in [0.15, 0.2) is 0 Å². The summed E-state index contributed by atoms with van der Waals surface area (Å²) in [4.78, 5) is 12.4. The second kappa shape index (κ2) is 7.48. The number of hydrogen-bond acceptors (Lipinski definition) is 2. The summed E-state index contributed by atoms with van der Waals surface area (Å²) in [6.07, 6.45) is 7.81. The standard InChI is InChI=1S/C20H30N2O/c1-14(2)13-22-20(23)17-9-8-15-10-11-21-19(18(15)12-17)16-6-4-3-5-7-16/h8-9,12,14,16,19,21H,3-7,10-11,13H2,1-2H3,(H,22,23). The van der Waals surface area contributed by atoms with Crippen LogP contribution in [0.25, 0.3) is 0 Å². The fourth-order valence-corrected chi connectivity index (χ4v) is 4.01. The smallest absolute Gasteiger partial charge is 0.251 e. The Bertz CT molecular complexity index is 547. The third-order valence-corrected chi connectivity index (χ3v) is 5.29. The van der Waals surface area contributed by atoms with Gasteiger partial charge in [-0.3, -0.25) is 4.79 Å². The van der Waals surface area contributed by atoms with E-state index >= 15 is 0 Å². The maximum atomic E-state index is 12.4. The van der Waals surface area contributed by atoms with Crippen LogP contribution in [0.15, 0.2) is 18.2 Å². The van der Waals surface area contributed by atoms with Crippen molar-refractivity contribution in [3.05, 3.63) is 34.9 Å². The molecule has 1 heterocycles. The minimum atomic E-state index is 0.0643. The molecule has 0 bridgehead atoms. The number of carbonyl (C=O) groups excluding carboxylic acids is 1. The zero-order chi connectivity index (χ0) is 16.2. The van der Waals surface area contributed by atoms with Crippen molar-refractivity contribution in [1.29, 1.82) is 0 Å².